The fraction of sp³-hybridized carbons (Fsp3) is 0.360. The molecule has 3 N–H and O–H groups in total. The largest absolute Gasteiger partial charge is 0.494 e. The first-order valence-corrected chi connectivity index (χ1v) is 11.4. The molecule has 0 saturated carbocycles. The molecular formula is C25H31N5O4. The van der Waals surface area contributed by atoms with Crippen molar-refractivity contribution in [2.45, 2.75) is 33.2 Å². The number of hydrogen-bond acceptors (Lipinski definition) is 9. The van der Waals surface area contributed by atoms with Crippen LogP contribution in [0.1, 0.15) is 47.6 Å². The van der Waals surface area contributed by atoms with Crippen molar-refractivity contribution in [1.82, 2.24) is 15.0 Å². The third kappa shape index (κ3) is 7.70. The SMILES string of the molecule is CCOC(=O)c1ccc(Cc2nc(NCc3ccc(OCCCN)cc3)nc(OCC)n2)cc1. The number of nitrogens with one attached hydrogen (secondary N) is 1. The van der Waals surface area contributed by atoms with Gasteiger partial charge in [0.2, 0.25) is 5.95 Å². The number of ether oxygens (including phenoxy) is 3. The van der Waals surface area contributed by atoms with Gasteiger partial charge in [-0.15, -0.1) is 0 Å². The van der Waals surface area contributed by atoms with Gasteiger partial charge in [0, 0.05) is 13.0 Å². The Hall–Kier alpha value is -3.72. The minimum absolute atomic E-state index is 0.266. The lowest BCUT2D eigenvalue weighted by molar-refractivity contribution is 0.0526. The van der Waals surface area contributed by atoms with Crippen molar-refractivity contribution in [3.05, 3.63) is 71.0 Å². The number of carbonyl (C=O) groups excluding carboxylic acids is 1. The predicted molar refractivity (Wildman–Crippen MR) is 129 cm³/mol. The number of hydrogen-bond donors (Lipinski definition) is 2. The molecular weight excluding hydrogens is 434 g/mol. The van der Waals surface area contributed by atoms with Crippen LogP contribution in [0.25, 0.3) is 0 Å². The number of nitrogens with two attached hydrogens (primary N) is 1. The Bertz CT molecular complexity index is 1040. The highest BCUT2D eigenvalue weighted by Crippen LogP contribution is 2.16. The van der Waals surface area contributed by atoms with Gasteiger partial charge in [-0.05, 0) is 62.2 Å². The van der Waals surface area contributed by atoms with Crippen molar-refractivity contribution >= 4 is 11.9 Å². The molecule has 0 aliphatic rings. The summed E-state index contributed by atoms with van der Waals surface area (Å²) in [6.45, 7) is 6.19. The van der Waals surface area contributed by atoms with Crippen LogP contribution in [-0.2, 0) is 17.7 Å². The second-order valence-corrected chi connectivity index (χ2v) is 7.37. The minimum Gasteiger partial charge on any atom is -0.494 e. The average molecular weight is 466 g/mol. The molecule has 0 saturated heterocycles. The van der Waals surface area contributed by atoms with Gasteiger partial charge in [0.15, 0.2) is 0 Å². The molecule has 0 amide bonds. The Morgan fingerprint density at radius 1 is 0.912 bits per heavy atom. The maximum Gasteiger partial charge on any atom is 0.338 e. The molecule has 0 atom stereocenters. The number of benzene rings is 2. The quantitative estimate of drug-likeness (QED) is 0.289. The van der Waals surface area contributed by atoms with Crippen LogP contribution in [0.4, 0.5) is 5.95 Å². The molecule has 2 aromatic carbocycles. The molecule has 9 heteroatoms. The smallest absolute Gasteiger partial charge is 0.338 e. The minimum atomic E-state index is -0.338. The van der Waals surface area contributed by atoms with Crippen LogP contribution in [-0.4, -0.2) is 47.3 Å². The molecule has 3 rings (SSSR count). The number of rotatable bonds is 13. The van der Waals surface area contributed by atoms with E-state index in [0.717, 1.165) is 23.3 Å². The predicted octanol–water partition coefficient (Wildman–Crippen LogP) is 3.38. The van der Waals surface area contributed by atoms with Crippen LogP contribution in [0, 0.1) is 0 Å². The highest BCUT2D eigenvalue weighted by atomic mass is 16.5. The lowest BCUT2D eigenvalue weighted by atomic mass is 10.1. The normalized spacial score (nSPS) is 10.6. The maximum atomic E-state index is 11.9. The van der Waals surface area contributed by atoms with Gasteiger partial charge in [0.1, 0.15) is 11.6 Å². The second-order valence-electron chi connectivity index (χ2n) is 7.37. The molecule has 0 aliphatic heterocycles. The molecule has 3 aromatic rings. The average Bonchev–Trinajstić information content (AvgIpc) is 2.84. The number of aromatic nitrogens is 3. The van der Waals surface area contributed by atoms with Crippen LogP contribution in [0.5, 0.6) is 11.8 Å². The van der Waals surface area contributed by atoms with E-state index in [4.69, 9.17) is 19.9 Å². The number of nitrogens with zero attached hydrogens (tertiary/aromatic N) is 3. The molecule has 0 bridgehead atoms. The van der Waals surface area contributed by atoms with Crippen LogP contribution >= 0.6 is 0 Å². The number of esters is 1. The van der Waals surface area contributed by atoms with Gasteiger partial charge in [-0.2, -0.15) is 15.0 Å². The maximum absolute atomic E-state index is 11.9. The molecule has 34 heavy (non-hydrogen) atoms. The van der Waals surface area contributed by atoms with E-state index in [1.54, 1.807) is 19.1 Å². The summed E-state index contributed by atoms with van der Waals surface area (Å²) in [4.78, 5) is 25.1. The van der Waals surface area contributed by atoms with Gasteiger partial charge in [-0.3, -0.25) is 0 Å². The van der Waals surface area contributed by atoms with Crippen molar-refractivity contribution in [1.29, 1.82) is 0 Å². The fourth-order valence-corrected chi connectivity index (χ4v) is 3.06. The Morgan fingerprint density at radius 2 is 1.65 bits per heavy atom. The van der Waals surface area contributed by atoms with Crippen LogP contribution in [0.3, 0.4) is 0 Å². The van der Waals surface area contributed by atoms with Gasteiger partial charge in [0.25, 0.3) is 0 Å². The van der Waals surface area contributed by atoms with Crippen molar-refractivity contribution in [2.75, 3.05) is 31.7 Å². The summed E-state index contributed by atoms with van der Waals surface area (Å²) < 4.78 is 16.2. The standard InChI is InChI=1S/C25H31N5O4/c1-3-32-23(31)20-10-6-18(7-11-20)16-22-28-24(30-25(29-22)33-4-2)27-17-19-8-12-21(13-9-19)34-15-5-14-26/h6-13H,3-5,14-17,26H2,1-2H3,(H,27,28,29,30). The molecule has 180 valence electrons. The summed E-state index contributed by atoms with van der Waals surface area (Å²) in [5, 5.41) is 3.24. The Labute approximate surface area is 199 Å². The summed E-state index contributed by atoms with van der Waals surface area (Å²) >= 11 is 0. The molecule has 1 heterocycles. The zero-order valence-corrected chi connectivity index (χ0v) is 19.6. The summed E-state index contributed by atoms with van der Waals surface area (Å²) in [6, 6.07) is 15.3. The van der Waals surface area contributed by atoms with Gasteiger partial charge in [0.05, 0.1) is 25.4 Å². The van der Waals surface area contributed by atoms with Crippen molar-refractivity contribution in [2.24, 2.45) is 5.73 Å². The summed E-state index contributed by atoms with van der Waals surface area (Å²) in [7, 11) is 0. The topological polar surface area (TPSA) is 121 Å². The zero-order chi connectivity index (χ0) is 24.2. The summed E-state index contributed by atoms with van der Waals surface area (Å²) in [6.07, 6.45) is 1.29. The van der Waals surface area contributed by atoms with E-state index in [0.29, 0.717) is 56.7 Å². The van der Waals surface area contributed by atoms with E-state index in [-0.39, 0.29) is 12.0 Å². The van der Waals surface area contributed by atoms with E-state index in [9.17, 15) is 4.79 Å². The van der Waals surface area contributed by atoms with Crippen molar-refractivity contribution in [3.63, 3.8) is 0 Å². The summed E-state index contributed by atoms with van der Waals surface area (Å²) in [5.74, 6) is 1.47. The third-order valence-electron chi connectivity index (χ3n) is 4.75. The Kier molecular flexibility index (Phi) is 9.60. The van der Waals surface area contributed by atoms with Crippen LogP contribution < -0.4 is 20.5 Å². The van der Waals surface area contributed by atoms with Gasteiger partial charge >= 0.3 is 12.0 Å². The highest BCUT2D eigenvalue weighted by molar-refractivity contribution is 5.89. The van der Waals surface area contributed by atoms with E-state index in [1.807, 2.05) is 43.3 Å². The van der Waals surface area contributed by atoms with Crippen molar-refractivity contribution < 1.29 is 19.0 Å². The van der Waals surface area contributed by atoms with E-state index >= 15 is 0 Å². The van der Waals surface area contributed by atoms with E-state index in [2.05, 4.69) is 20.3 Å². The molecule has 9 nitrogen and oxygen atoms in total. The fourth-order valence-electron chi connectivity index (χ4n) is 3.06. The van der Waals surface area contributed by atoms with Crippen molar-refractivity contribution in [3.8, 4) is 11.8 Å². The molecule has 0 fully saturated rings. The zero-order valence-electron chi connectivity index (χ0n) is 19.6. The van der Waals surface area contributed by atoms with Crippen LogP contribution in [0.2, 0.25) is 0 Å². The molecule has 0 aliphatic carbocycles. The van der Waals surface area contributed by atoms with Crippen LogP contribution in [0.15, 0.2) is 48.5 Å². The summed E-state index contributed by atoms with van der Waals surface area (Å²) in [5.41, 5.74) is 8.01. The van der Waals surface area contributed by atoms with Gasteiger partial charge in [-0.1, -0.05) is 24.3 Å². The molecule has 0 unspecified atom stereocenters. The van der Waals surface area contributed by atoms with Gasteiger partial charge < -0.3 is 25.3 Å². The Morgan fingerprint density at radius 3 is 2.32 bits per heavy atom. The number of anilines is 1. The molecule has 0 spiro atoms. The first-order chi connectivity index (χ1) is 16.6. The lowest BCUT2D eigenvalue weighted by Crippen LogP contribution is -2.10. The number of carbonyl (C=O) groups is 1. The first-order valence-electron chi connectivity index (χ1n) is 11.4. The third-order valence-corrected chi connectivity index (χ3v) is 4.75. The molecule has 0 radical (unpaired) electrons. The second kappa shape index (κ2) is 13.1. The lowest BCUT2D eigenvalue weighted by Gasteiger charge is -2.10. The first kappa shape index (κ1) is 24.9. The van der Waals surface area contributed by atoms with E-state index in [1.165, 1.54) is 0 Å². The highest BCUT2D eigenvalue weighted by Gasteiger charge is 2.10. The molecule has 1 aromatic heterocycles. The van der Waals surface area contributed by atoms with E-state index < -0.39 is 0 Å². The monoisotopic (exact) mass is 465 g/mol. The Balaban J connectivity index is 1.65. The van der Waals surface area contributed by atoms with Gasteiger partial charge in [-0.25, -0.2) is 4.79 Å².